The molecule has 3 rings (SSSR count). The molecule has 0 unspecified atom stereocenters. The Morgan fingerprint density at radius 3 is 2.39 bits per heavy atom. The lowest BCUT2D eigenvalue weighted by Crippen LogP contribution is -2.25. The van der Waals surface area contributed by atoms with Crippen LogP contribution in [0.15, 0.2) is 22.7 Å². The quantitative estimate of drug-likeness (QED) is 0.871. The minimum atomic E-state index is -0.879. The SMILES string of the molecule is O=C(O)c1c(Br)cccc1NC(C1CC1)C1CC1. The standard InChI is InChI=1S/C14H16BrNO2/c15-10-2-1-3-11(12(10)14(17)18)16-13(8-4-5-8)9-6-7-9/h1-3,8-9,13,16H,4-7H2,(H,17,18). The fourth-order valence-electron chi connectivity index (χ4n) is 2.57. The molecule has 96 valence electrons. The van der Waals surface area contributed by atoms with Gasteiger partial charge < -0.3 is 10.4 Å². The van der Waals surface area contributed by atoms with E-state index in [1.54, 1.807) is 6.07 Å². The van der Waals surface area contributed by atoms with Crippen molar-refractivity contribution < 1.29 is 9.90 Å². The van der Waals surface area contributed by atoms with Gasteiger partial charge in [-0.3, -0.25) is 0 Å². The van der Waals surface area contributed by atoms with Gasteiger partial charge in [0.2, 0.25) is 0 Å². The Kier molecular flexibility index (Phi) is 3.06. The first-order valence-corrected chi connectivity index (χ1v) is 7.24. The molecule has 0 atom stereocenters. The highest BCUT2D eigenvalue weighted by Gasteiger charge is 2.41. The van der Waals surface area contributed by atoms with Crippen LogP contribution in [0.1, 0.15) is 36.0 Å². The maximum atomic E-state index is 11.3. The maximum Gasteiger partial charge on any atom is 0.338 e. The summed E-state index contributed by atoms with van der Waals surface area (Å²) in [5, 5.41) is 12.8. The number of carboxylic acids is 1. The fraction of sp³-hybridized carbons (Fsp3) is 0.500. The predicted molar refractivity (Wildman–Crippen MR) is 74.0 cm³/mol. The lowest BCUT2D eigenvalue weighted by molar-refractivity contribution is 0.0697. The third kappa shape index (κ3) is 2.39. The molecule has 4 heteroatoms. The van der Waals surface area contributed by atoms with Crippen molar-refractivity contribution in [3.05, 3.63) is 28.2 Å². The van der Waals surface area contributed by atoms with Crippen LogP contribution in [0.5, 0.6) is 0 Å². The predicted octanol–water partition coefficient (Wildman–Crippen LogP) is 3.75. The summed E-state index contributed by atoms with van der Waals surface area (Å²) in [5.41, 5.74) is 1.10. The molecule has 0 radical (unpaired) electrons. The molecule has 2 N–H and O–H groups in total. The van der Waals surface area contributed by atoms with Gasteiger partial charge in [0, 0.05) is 10.5 Å². The summed E-state index contributed by atoms with van der Waals surface area (Å²) in [5.74, 6) is 0.617. The van der Waals surface area contributed by atoms with Gasteiger partial charge in [-0.25, -0.2) is 4.79 Å². The Hall–Kier alpha value is -1.03. The molecule has 2 aliphatic rings. The number of benzene rings is 1. The Balaban J connectivity index is 1.86. The second-order valence-corrected chi connectivity index (χ2v) is 6.17. The molecule has 0 amide bonds. The van der Waals surface area contributed by atoms with Gasteiger partial charge in [-0.2, -0.15) is 0 Å². The zero-order chi connectivity index (χ0) is 12.7. The van der Waals surface area contributed by atoms with Gasteiger partial charge in [-0.1, -0.05) is 6.07 Å². The molecule has 2 saturated carbocycles. The van der Waals surface area contributed by atoms with Gasteiger partial charge >= 0.3 is 5.97 Å². The fourth-order valence-corrected chi connectivity index (χ4v) is 3.11. The Morgan fingerprint density at radius 2 is 1.89 bits per heavy atom. The first-order valence-electron chi connectivity index (χ1n) is 6.45. The van der Waals surface area contributed by atoms with Crippen LogP contribution in [0, 0.1) is 11.8 Å². The van der Waals surface area contributed by atoms with Crippen molar-refractivity contribution in [2.75, 3.05) is 5.32 Å². The van der Waals surface area contributed by atoms with Crippen LogP contribution in [-0.4, -0.2) is 17.1 Å². The van der Waals surface area contributed by atoms with Crippen LogP contribution in [0.2, 0.25) is 0 Å². The lowest BCUT2D eigenvalue weighted by atomic mass is 10.1. The Labute approximate surface area is 115 Å². The van der Waals surface area contributed by atoms with Crippen molar-refractivity contribution in [1.29, 1.82) is 0 Å². The normalized spacial score (nSPS) is 19.0. The number of carboxylic acid groups (broad SMARTS) is 1. The van der Waals surface area contributed by atoms with E-state index in [1.165, 1.54) is 25.7 Å². The van der Waals surface area contributed by atoms with E-state index in [9.17, 15) is 9.90 Å². The van der Waals surface area contributed by atoms with Crippen molar-refractivity contribution in [3.8, 4) is 0 Å². The van der Waals surface area contributed by atoms with Crippen LogP contribution in [0.3, 0.4) is 0 Å². The van der Waals surface area contributed by atoms with Gasteiger partial charge in [0.1, 0.15) is 0 Å². The average Bonchev–Trinajstić information content (AvgIpc) is 3.17. The summed E-state index contributed by atoms with van der Waals surface area (Å²) >= 11 is 3.32. The minimum absolute atomic E-state index is 0.351. The zero-order valence-corrected chi connectivity index (χ0v) is 11.6. The zero-order valence-electron chi connectivity index (χ0n) is 10.0. The van der Waals surface area contributed by atoms with E-state index < -0.39 is 5.97 Å². The number of aromatic carboxylic acids is 1. The minimum Gasteiger partial charge on any atom is -0.478 e. The van der Waals surface area contributed by atoms with E-state index in [1.807, 2.05) is 12.1 Å². The molecule has 0 aromatic heterocycles. The first-order chi connectivity index (χ1) is 8.66. The summed E-state index contributed by atoms with van der Waals surface area (Å²) < 4.78 is 0.644. The van der Waals surface area contributed by atoms with Crippen LogP contribution in [-0.2, 0) is 0 Å². The number of carbonyl (C=O) groups is 1. The monoisotopic (exact) mass is 309 g/mol. The summed E-state index contributed by atoms with van der Waals surface area (Å²) in [7, 11) is 0. The highest BCUT2D eigenvalue weighted by molar-refractivity contribution is 9.10. The molecule has 0 saturated heterocycles. The van der Waals surface area contributed by atoms with E-state index in [0.29, 0.717) is 16.1 Å². The summed E-state index contributed by atoms with van der Waals surface area (Å²) in [6.45, 7) is 0. The van der Waals surface area contributed by atoms with Crippen molar-refractivity contribution >= 4 is 27.6 Å². The molecule has 18 heavy (non-hydrogen) atoms. The first kappa shape index (κ1) is 12.0. The third-order valence-corrected chi connectivity index (χ3v) is 4.47. The van der Waals surface area contributed by atoms with E-state index in [2.05, 4.69) is 21.2 Å². The second-order valence-electron chi connectivity index (χ2n) is 5.31. The Bertz CT molecular complexity index is 469. The second kappa shape index (κ2) is 4.57. The number of anilines is 1. The number of halogens is 1. The van der Waals surface area contributed by atoms with E-state index in [0.717, 1.165) is 17.5 Å². The van der Waals surface area contributed by atoms with Crippen molar-refractivity contribution in [2.24, 2.45) is 11.8 Å². The molecule has 0 bridgehead atoms. The molecule has 3 nitrogen and oxygen atoms in total. The largest absolute Gasteiger partial charge is 0.478 e. The number of hydrogen-bond donors (Lipinski definition) is 2. The third-order valence-electron chi connectivity index (χ3n) is 3.81. The molecule has 1 aromatic carbocycles. The number of rotatable bonds is 5. The molecule has 0 aliphatic heterocycles. The van der Waals surface area contributed by atoms with Crippen LogP contribution in [0.4, 0.5) is 5.69 Å². The number of nitrogens with one attached hydrogen (secondary N) is 1. The molecular formula is C14H16BrNO2. The number of hydrogen-bond acceptors (Lipinski definition) is 2. The van der Waals surface area contributed by atoms with Gasteiger partial charge in [-0.05, 0) is 65.6 Å². The smallest absolute Gasteiger partial charge is 0.338 e. The highest BCUT2D eigenvalue weighted by atomic mass is 79.9. The van der Waals surface area contributed by atoms with Crippen LogP contribution in [0.25, 0.3) is 0 Å². The van der Waals surface area contributed by atoms with Gasteiger partial charge in [-0.15, -0.1) is 0 Å². The highest BCUT2D eigenvalue weighted by Crippen LogP contribution is 2.46. The lowest BCUT2D eigenvalue weighted by Gasteiger charge is -2.20. The van der Waals surface area contributed by atoms with Crippen LogP contribution >= 0.6 is 15.9 Å². The molecule has 0 heterocycles. The molecule has 2 fully saturated rings. The molecule has 1 aromatic rings. The molecular weight excluding hydrogens is 294 g/mol. The topological polar surface area (TPSA) is 49.3 Å². The Morgan fingerprint density at radius 1 is 1.28 bits per heavy atom. The van der Waals surface area contributed by atoms with E-state index in [4.69, 9.17) is 0 Å². The van der Waals surface area contributed by atoms with Crippen molar-refractivity contribution in [2.45, 2.75) is 31.7 Å². The van der Waals surface area contributed by atoms with E-state index in [-0.39, 0.29) is 0 Å². The van der Waals surface area contributed by atoms with Gasteiger partial charge in [0.15, 0.2) is 0 Å². The van der Waals surface area contributed by atoms with Crippen molar-refractivity contribution in [1.82, 2.24) is 0 Å². The summed E-state index contributed by atoms with van der Waals surface area (Å²) in [6.07, 6.45) is 5.13. The maximum absolute atomic E-state index is 11.3. The molecule has 2 aliphatic carbocycles. The van der Waals surface area contributed by atoms with Crippen LogP contribution < -0.4 is 5.32 Å². The van der Waals surface area contributed by atoms with E-state index >= 15 is 0 Å². The summed E-state index contributed by atoms with van der Waals surface area (Å²) in [6, 6.07) is 6.00. The summed E-state index contributed by atoms with van der Waals surface area (Å²) in [4.78, 5) is 11.3. The molecule has 0 spiro atoms. The average molecular weight is 310 g/mol. The van der Waals surface area contributed by atoms with Gasteiger partial charge in [0.25, 0.3) is 0 Å². The van der Waals surface area contributed by atoms with Gasteiger partial charge in [0.05, 0.1) is 11.3 Å². The van der Waals surface area contributed by atoms with Crippen molar-refractivity contribution in [3.63, 3.8) is 0 Å².